The summed E-state index contributed by atoms with van der Waals surface area (Å²) in [5.74, 6) is -2.18. The van der Waals surface area contributed by atoms with E-state index in [9.17, 15) is 24.0 Å². The van der Waals surface area contributed by atoms with E-state index in [1.165, 1.54) is 0 Å². The molecule has 14 nitrogen and oxygen atoms in total. The number of carbonyl (C=O) groups is 5. The van der Waals surface area contributed by atoms with Gasteiger partial charge in [-0.05, 0) is 39.2 Å². The van der Waals surface area contributed by atoms with E-state index >= 15 is 0 Å². The van der Waals surface area contributed by atoms with Gasteiger partial charge in [0.1, 0.15) is 24.2 Å². The summed E-state index contributed by atoms with van der Waals surface area (Å²) in [6, 6.07) is -3.85. The van der Waals surface area contributed by atoms with Crippen molar-refractivity contribution in [2.45, 2.75) is 96.9 Å². The van der Waals surface area contributed by atoms with Gasteiger partial charge in [-0.2, -0.15) is 0 Å². The van der Waals surface area contributed by atoms with Crippen molar-refractivity contribution in [2.24, 2.45) is 0 Å². The molecular weight excluding hydrogens is 548 g/mol. The van der Waals surface area contributed by atoms with Gasteiger partial charge in [0.25, 0.3) is 0 Å². The molecule has 14 heteroatoms. The molecule has 0 spiro atoms. The lowest BCUT2D eigenvalue weighted by atomic mass is 10.1. The van der Waals surface area contributed by atoms with Gasteiger partial charge in [0.05, 0.1) is 39.1 Å². The first kappa shape index (κ1) is 39.2. The Labute approximate surface area is 250 Å². The van der Waals surface area contributed by atoms with Crippen molar-refractivity contribution in [1.29, 1.82) is 0 Å². The molecule has 0 aromatic carbocycles. The molecular formula is C28H54N6O8. The van der Waals surface area contributed by atoms with E-state index in [-0.39, 0.29) is 31.2 Å². The number of amides is 5. The molecule has 0 aliphatic rings. The first-order valence-corrected chi connectivity index (χ1v) is 14.9. The number of ether oxygens (including phenoxy) is 3. The van der Waals surface area contributed by atoms with Crippen molar-refractivity contribution in [2.75, 3.05) is 53.7 Å². The highest BCUT2D eigenvalue weighted by Gasteiger charge is 2.29. The van der Waals surface area contributed by atoms with Crippen LogP contribution in [0, 0.1) is 0 Å². The van der Waals surface area contributed by atoms with E-state index in [2.05, 4.69) is 31.9 Å². The van der Waals surface area contributed by atoms with Gasteiger partial charge in [-0.3, -0.25) is 24.0 Å². The molecule has 0 aromatic heterocycles. The summed E-state index contributed by atoms with van der Waals surface area (Å²) < 4.78 is 15.6. The highest BCUT2D eigenvalue weighted by atomic mass is 16.5. The summed E-state index contributed by atoms with van der Waals surface area (Å²) in [5.41, 5.74) is 0. The Balaban J connectivity index is 4.86. The van der Waals surface area contributed by atoms with E-state index in [1.54, 1.807) is 41.9 Å². The quantitative estimate of drug-likeness (QED) is 0.0782. The van der Waals surface area contributed by atoms with Crippen molar-refractivity contribution in [3.63, 3.8) is 0 Å². The highest BCUT2D eigenvalue weighted by molar-refractivity contribution is 5.95. The summed E-state index contributed by atoms with van der Waals surface area (Å²) >= 11 is 0. The largest absolute Gasteiger partial charge is 0.382 e. The predicted octanol–water partition coefficient (Wildman–Crippen LogP) is -0.641. The van der Waals surface area contributed by atoms with Gasteiger partial charge in [-0.25, -0.2) is 0 Å². The van der Waals surface area contributed by atoms with Crippen LogP contribution in [-0.2, 0) is 38.2 Å². The molecule has 0 aliphatic heterocycles. The molecule has 244 valence electrons. The molecule has 0 aliphatic carbocycles. The van der Waals surface area contributed by atoms with E-state index in [4.69, 9.17) is 14.2 Å². The van der Waals surface area contributed by atoms with Crippen LogP contribution in [0.5, 0.6) is 0 Å². The first-order valence-electron chi connectivity index (χ1n) is 14.9. The Bertz CT molecular complexity index is 811. The van der Waals surface area contributed by atoms with Crippen LogP contribution in [0.4, 0.5) is 0 Å². The number of rotatable bonds is 24. The molecule has 0 bridgehead atoms. The molecule has 0 saturated heterocycles. The van der Waals surface area contributed by atoms with Crippen LogP contribution in [-0.4, -0.2) is 113 Å². The van der Waals surface area contributed by atoms with E-state index in [0.717, 1.165) is 0 Å². The molecule has 0 saturated carbocycles. The van der Waals surface area contributed by atoms with Crippen LogP contribution in [0.3, 0.4) is 0 Å². The molecule has 0 unspecified atom stereocenters. The second-order valence-electron chi connectivity index (χ2n) is 9.64. The minimum Gasteiger partial charge on any atom is -0.382 e. The van der Waals surface area contributed by atoms with Crippen molar-refractivity contribution < 1.29 is 38.2 Å². The third kappa shape index (κ3) is 15.4. The van der Waals surface area contributed by atoms with E-state index in [0.29, 0.717) is 52.3 Å². The van der Waals surface area contributed by atoms with Gasteiger partial charge in [0.2, 0.25) is 29.5 Å². The maximum absolute atomic E-state index is 13.0. The zero-order valence-corrected chi connectivity index (χ0v) is 26.4. The standard InChI is InChI=1S/C28H54N6O8/c1-8-19(29-6)25(36)32-21(10-3)27(38)34-23(12-5)28(39)33-22(11-4)26(37)31-20(9-2)24(35)30-13-14-41-17-18-42-16-15-40-7/h19-23,29H,8-18H2,1-7H3,(H,30,35)(H,31,37)(H,32,36)(H,33,39)(H,34,38)/t19-,20-,21-,22-,23-/m0/s1. The van der Waals surface area contributed by atoms with Gasteiger partial charge < -0.3 is 46.1 Å². The number of hydrogen-bond acceptors (Lipinski definition) is 9. The monoisotopic (exact) mass is 602 g/mol. The smallest absolute Gasteiger partial charge is 0.243 e. The zero-order valence-electron chi connectivity index (χ0n) is 26.4. The van der Waals surface area contributed by atoms with E-state index < -0.39 is 47.9 Å². The minimum absolute atomic E-state index is 0.266. The lowest BCUT2D eigenvalue weighted by Gasteiger charge is -2.25. The fourth-order valence-corrected chi connectivity index (χ4v) is 3.86. The normalized spacial score (nSPS) is 14.5. The molecule has 5 amide bonds. The van der Waals surface area contributed by atoms with Gasteiger partial charge in [-0.1, -0.05) is 34.6 Å². The fraction of sp³-hybridized carbons (Fsp3) is 0.821. The van der Waals surface area contributed by atoms with Crippen molar-refractivity contribution in [1.82, 2.24) is 31.9 Å². The zero-order chi connectivity index (χ0) is 31.9. The van der Waals surface area contributed by atoms with Gasteiger partial charge in [0.15, 0.2) is 0 Å². The molecule has 5 atom stereocenters. The van der Waals surface area contributed by atoms with Crippen molar-refractivity contribution in [3.8, 4) is 0 Å². The Morgan fingerprint density at radius 1 is 0.500 bits per heavy atom. The van der Waals surface area contributed by atoms with Crippen molar-refractivity contribution >= 4 is 29.5 Å². The van der Waals surface area contributed by atoms with Crippen LogP contribution in [0.1, 0.15) is 66.7 Å². The molecule has 0 aromatic rings. The van der Waals surface area contributed by atoms with Crippen LogP contribution in [0.25, 0.3) is 0 Å². The summed E-state index contributed by atoms with van der Waals surface area (Å²) in [6.07, 6.45) is 1.79. The molecule has 42 heavy (non-hydrogen) atoms. The van der Waals surface area contributed by atoms with Gasteiger partial charge in [0, 0.05) is 13.7 Å². The summed E-state index contributed by atoms with van der Waals surface area (Å²) in [6.45, 7) is 11.2. The SMILES string of the molecule is CC[C@H](NC)C(=O)N[C@@H](CC)C(=O)N[C@@H](CC)C(=O)N[C@@H](CC)C(=O)N[C@@H](CC)C(=O)NCCOCCOCCOC. The second kappa shape index (κ2) is 23.7. The lowest BCUT2D eigenvalue weighted by Crippen LogP contribution is -2.58. The summed E-state index contributed by atoms with van der Waals surface area (Å²) in [7, 11) is 3.26. The third-order valence-electron chi connectivity index (χ3n) is 6.59. The van der Waals surface area contributed by atoms with Gasteiger partial charge >= 0.3 is 0 Å². The van der Waals surface area contributed by atoms with Gasteiger partial charge in [-0.15, -0.1) is 0 Å². The molecule has 0 radical (unpaired) electrons. The van der Waals surface area contributed by atoms with Crippen LogP contribution >= 0.6 is 0 Å². The average Bonchev–Trinajstić information content (AvgIpc) is 2.99. The number of hydrogen-bond donors (Lipinski definition) is 6. The number of nitrogens with one attached hydrogen (secondary N) is 6. The Morgan fingerprint density at radius 2 is 0.833 bits per heavy atom. The van der Waals surface area contributed by atoms with Crippen LogP contribution in [0.2, 0.25) is 0 Å². The topological polar surface area (TPSA) is 185 Å². The molecule has 6 N–H and O–H groups in total. The number of carbonyl (C=O) groups excluding carboxylic acids is 5. The highest BCUT2D eigenvalue weighted by Crippen LogP contribution is 2.02. The molecule has 0 fully saturated rings. The first-order chi connectivity index (χ1) is 20.1. The maximum Gasteiger partial charge on any atom is 0.243 e. The Kier molecular flexibility index (Phi) is 22.1. The number of likely N-dealkylation sites (N-methyl/N-ethyl adjacent to an activating group) is 1. The average molecular weight is 603 g/mol. The number of methoxy groups -OCH3 is 1. The minimum atomic E-state index is -0.910. The summed E-state index contributed by atoms with van der Waals surface area (Å²) in [4.78, 5) is 63.8. The molecule has 0 rings (SSSR count). The Morgan fingerprint density at radius 3 is 1.19 bits per heavy atom. The predicted molar refractivity (Wildman–Crippen MR) is 159 cm³/mol. The second-order valence-corrected chi connectivity index (χ2v) is 9.64. The lowest BCUT2D eigenvalue weighted by molar-refractivity contribution is -0.135. The fourth-order valence-electron chi connectivity index (χ4n) is 3.86. The summed E-state index contributed by atoms with van der Waals surface area (Å²) in [5, 5.41) is 16.4. The maximum atomic E-state index is 13.0. The van der Waals surface area contributed by atoms with E-state index in [1.807, 2.05) is 6.92 Å². The van der Waals surface area contributed by atoms with Crippen LogP contribution in [0.15, 0.2) is 0 Å². The van der Waals surface area contributed by atoms with Crippen molar-refractivity contribution in [3.05, 3.63) is 0 Å². The molecule has 0 heterocycles. The van der Waals surface area contributed by atoms with Crippen LogP contribution < -0.4 is 31.9 Å². The Hall–Kier alpha value is -2.81. The third-order valence-corrected chi connectivity index (χ3v) is 6.59.